The minimum absolute atomic E-state index is 0.245. The molecular weight excluding hydrogens is 238 g/mol. The van der Waals surface area contributed by atoms with Crippen molar-refractivity contribution in [3.8, 4) is 6.07 Å². The predicted octanol–water partition coefficient (Wildman–Crippen LogP) is 3.03. The molecule has 0 atom stereocenters. The zero-order chi connectivity index (χ0) is 12.8. The summed E-state index contributed by atoms with van der Waals surface area (Å²) < 4.78 is 0. The number of hydrogen-bond acceptors (Lipinski definition) is 2. The number of nitrogens with one attached hydrogen (secondary N) is 1. The fourth-order valence-corrected chi connectivity index (χ4v) is 1.43. The van der Waals surface area contributed by atoms with Gasteiger partial charge in [-0.1, -0.05) is 17.7 Å². The molecule has 0 saturated carbocycles. The first-order chi connectivity index (χ1) is 8.04. The van der Waals surface area contributed by atoms with Crippen molar-refractivity contribution in [3.05, 3.63) is 28.8 Å². The van der Waals surface area contributed by atoms with Crippen molar-refractivity contribution in [3.63, 3.8) is 0 Å². The van der Waals surface area contributed by atoms with Crippen LogP contribution < -0.4 is 5.32 Å². The average Bonchev–Trinajstić information content (AvgIpc) is 2.30. The first kappa shape index (κ1) is 13.3. The highest BCUT2D eigenvalue weighted by molar-refractivity contribution is 6.31. The van der Waals surface area contributed by atoms with E-state index in [1.54, 1.807) is 19.2 Å². The number of hydrogen-bond donors (Lipinski definition) is 1. The van der Waals surface area contributed by atoms with Gasteiger partial charge in [0.1, 0.15) is 0 Å². The lowest BCUT2D eigenvalue weighted by Gasteiger charge is -2.17. The van der Waals surface area contributed by atoms with Gasteiger partial charge in [-0.15, -0.1) is 0 Å². The standard InChI is InChI=1S/C12H14ClN3O/c1-9-4-5-10(13)8-11(9)15-12(17)16(2)7-3-6-14/h4-5,8H,3,7H2,1-2H3,(H,15,17). The SMILES string of the molecule is Cc1ccc(Cl)cc1NC(=O)N(C)CCC#N. The topological polar surface area (TPSA) is 56.1 Å². The number of nitrogens with zero attached hydrogens (tertiary/aromatic N) is 2. The fourth-order valence-electron chi connectivity index (χ4n) is 1.26. The van der Waals surface area contributed by atoms with Gasteiger partial charge < -0.3 is 10.2 Å². The van der Waals surface area contributed by atoms with Crippen LogP contribution in [0.2, 0.25) is 5.02 Å². The van der Waals surface area contributed by atoms with Gasteiger partial charge in [-0.25, -0.2) is 4.79 Å². The normalized spacial score (nSPS) is 9.53. The Bertz CT molecular complexity index is 454. The number of urea groups is 1. The number of anilines is 1. The van der Waals surface area contributed by atoms with Crippen molar-refractivity contribution in [1.82, 2.24) is 4.90 Å². The van der Waals surface area contributed by atoms with Crippen molar-refractivity contribution in [2.45, 2.75) is 13.3 Å². The molecule has 2 amide bonds. The number of amides is 2. The van der Waals surface area contributed by atoms with E-state index in [0.29, 0.717) is 23.7 Å². The summed E-state index contributed by atoms with van der Waals surface area (Å²) in [6.07, 6.45) is 0.318. The number of benzene rings is 1. The van der Waals surface area contributed by atoms with Crippen LogP contribution in [-0.4, -0.2) is 24.5 Å². The zero-order valence-corrected chi connectivity index (χ0v) is 10.6. The Labute approximate surface area is 106 Å². The molecule has 0 aliphatic carbocycles. The van der Waals surface area contributed by atoms with Crippen LogP contribution in [0, 0.1) is 18.3 Å². The second-order valence-electron chi connectivity index (χ2n) is 3.72. The second-order valence-corrected chi connectivity index (χ2v) is 4.16. The van der Waals surface area contributed by atoms with Gasteiger partial charge in [0.05, 0.1) is 12.5 Å². The van der Waals surface area contributed by atoms with Crippen LogP contribution in [0.15, 0.2) is 18.2 Å². The average molecular weight is 252 g/mol. The molecule has 0 aliphatic heterocycles. The molecule has 5 heteroatoms. The van der Waals surface area contributed by atoms with E-state index in [4.69, 9.17) is 16.9 Å². The number of carbonyl (C=O) groups is 1. The quantitative estimate of drug-likeness (QED) is 0.898. The monoisotopic (exact) mass is 251 g/mol. The Morgan fingerprint density at radius 2 is 2.29 bits per heavy atom. The van der Waals surface area contributed by atoms with Gasteiger partial charge in [0.2, 0.25) is 0 Å². The maximum atomic E-state index is 11.7. The van der Waals surface area contributed by atoms with Gasteiger partial charge in [-0.3, -0.25) is 0 Å². The third-order valence-electron chi connectivity index (χ3n) is 2.35. The summed E-state index contributed by atoms with van der Waals surface area (Å²) in [5.74, 6) is 0. The van der Waals surface area contributed by atoms with E-state index < -0.39 is 0 Å². The van der Waals surface area contributed by atoms with Crippen LogP contribution in [0.1, 0.15) is 12.0 Å². The van der Waals surface area contributed by atoms with E-state index in [0.717, 1.165) is 5.56 Å². The van der Waals surface area contributed by atoms with E-state index in [1.165, 1.54) is 4.90 Å². The van der Waals surface area contributed by atoms with Gasteiger partial charge in [0.15, 0.2) is 0 Å². The van der Waals surface area contributed by atoms with E-state index in [-0.39, 0.29) is 6.03 Å². The summed E-state index contributed by atoms with van der Waals surface area (Å²) in [4.78, 5) is 13.2. The fraction of sp³-hybridized carbons (Fsp3) is 0.333. The molecule has 0 spiro atoms. The summed E-state index contributed by atoms with van der Waals surface area (Å²) >= 11 is 5.86. The molecule has 0 unspecified atom stereocenters. The molecule has 0 aliphatic rings. The summed E-state index contributed by atoms with van der Waals surface area (Å²) in [7, 11) is 1.65. The smallest absolute Gasteiger partial charge is 0.321 e. The molecule has 0 bridgehead atoms. The first-order valence-corrected chi connectivity index (χ1v) is 5.57. The molecule has 0 radical (unpaired) electrons. The summed E-state index contributed by atoms with van der Waals surface area (Å²) in [5.41, 5.74) is 1.63. The highest BCUT2D eigenvalue weighted by atomic mass is 35.5. The maximum Gasteiger partial charge on any atom is 0.321 e. The molecular formula is C12H14ClN3O. The molecule has 17 heavy (non-hydrogen) atoms. The minimum Gasteiger partial charge on any atom is -0.327 e. The number of halogens is 1. The molecule has 0 fully saturated rings. The molecule has 90 valence electrons. The number of carbonyl (C=O) groups excluding carboxylic acids is 1. The third kappa shape index (κ3) is 3.97. The summed E-state index contributed by atoms with van der Waals surface area (Å²) in [5, 5.41) is 11.8. The second kappa shape index (κ2) is 6.12. The van der Waals surface area contributed by atoms with Crippen LogP contribution in [0.5, 0.6) is 0 Å². The molecule has 1 aromatic carbocycles. The van der Waals surface area contributed by atoms with Crippen molar-refractivity contribution >= 4 is 23.3 Å². The molecule has 1 aromatic rings. The number of rotatable bonds is 3. The molecule has 4 nitrogen and oxygen atoms in total. The Balaban J connectivity index is 2.68. The predicted molar refractivity (Wildman–Crippen MR) is 68.1 cm³/mol. The van der Waals surface area contributed by atoms with E-state index >= 15 is 0 Å². The molecule has 1 N–H and O–H groups in total. The van der Waals surface area contributed by atoms with Crippen molar-refractivity contribution in [1.29, 1.82) is 5.26 Å². The van der Waals surface area contributed by atoms with Crippen molar-refractivity contribution in [2.24, 2.45) is 0 Å². The lowest BCUT2D eigenvalue weighted by atomic mass is 10.2. The first-order valence-electron chi connectivity index (χ1n) is 5.20. The maximum absolute atomic E-state index is 11.7. The minimum atomic E-state index is -0.245. The van der Waals surface area contributed by atoms with Crippen LogP contribution in [0.3, 0.4) is 0 Å². The Kier molecular flexibility index (Phi) is 4.80. The summed E-state index contributed by atoms with van der Waals surface area (Å²) in [6.45, 7) is 2.29. The van der Waals surface area contributed by atoms with Crippen LogP contribution in [-0.2, 0) is 0 Å². The van der Waals surface area contributed by atoms with Gasteiger partial charge in [-0.2, -0.15) is 5.26 Å². The largest absolute Gasteiger partial charge is 0.327 e. The Morgan fingerprint density at radius 3 is 2.94 bits per heavy atom. The third-order valence-corrected chi connectivity index (χ3v) is 2.58. The highest BCUT2D eigenvalue weighted by Crippen LogP contribution is 2.20. The molecule has 0 heterocycles. The lowest BCUT2D eigenvalue weighted by Crippen LogP contribution is -2.32. The number of aryl methyl sites for hydroxylation is 1. The van der Waals surface area contributed by atoms with Crippen LogP contribution in [0.4, 0.5) is 10.5 Å². The summed E-state index contributed by atoms with van der Waals surface area (Å²) in [6, 6.07) is 7.06. The van der Waals surface area contributed by atoms with E-state index in [2.05, 4.69) is 5.32 Å². The molecule has 0 saturated heterocycles. The molecule has 0 aromatic heterocycles. The van der Waals surface area contributed by atoms with Gasteiger partial charge in [0, 0.05) is 24.3 Å². The van der Waals surface area contributed by atoms with E-state index in [9.17, 15) is 4.79 Å². The zero-order valence-electron chi connectivity index (χ0n) is 9.83. The van der Waals surface area contributed by atoms with Gasteiger partial charge in [0.25, 0.3) is 0 Å². The van der Waals surface area contributed by atoms with Crippen LogP contribution in [0.25, 0.3) is 0 Å². The lowest BCUT2D eigenvalue weighted by molar-refractivity contribution is 0.223. The highest BCUT2D eigenvalue weighted by Gasteiger charge is 2.09. The van der Waals surface area contributed by atoms with Crippen LogP contribution >= 0.6 is 11.6 Å². The van der Waals surface area contributed by atoms with Crippen molar-refractivity contribution < 1.29 is 4.79 Å². The van der Waals surface area contributed by atoms with E-state index in [1.807, 2.05) is 19.1 Å². The van der Waals surface area contributed by atoms with Crippen molar-refractivity contribution in [2.75, 3.05) is 18.9 Å². The van der Waals surface area contributed by atoms with Gasteiger partial charge >= 0.3 is 6.03 Å². The van der Waals surface area contributed by atoms with Gasteiger partial charge in [-0.05, 0) is 24.6 Å². The Hall–Kier alpha value is -1.73. The number of nitriles is 1. The Morgan fingerprint density at radius 1 is 1.59 bits per heavy atom. The molecule has 1 rings (SSSR count).